The molecule has 0 spiro atoms. The molecule has 2 nitrogen and oxygen atoms in total. The molecular weight excluding hydrogens is 239 g/mol. The highest BCUT2D eigenvalue weighted by Gasteiger charge is 2.22. The fraction of sp³-hybridized carbons (Fsp3) is 0.538. The fourth-order valence-corrected chi connectivity index (χ4v) is 2.41. The van der Waals surface area contributed by atoms with E-state index in [1.165, 1.54) is 0 Å². The molecule has 1 fully saturated rings. The summed E-state index contributed by atoms with van der Waals surface area (Å²) in [7, 11) is 0. The molecule has 1 aliphatic heterocycles. The summed E-state index contributed by atoms with van der Waals surface area (Å²) in [5.41, 5.74) is 0.840. The van der Waals surface area contributed by atoms with Crippen molar-refractivity contribution in [2.24, 2.45) is 0 Å². The first-order chi connectivity index (χ1) is 7.83. The lowest BCUT2D eigenvalue weighted by atomic mass is 10.0. The Balaban J connectivity index is 0.00000144. The van der Waals surface area contributed by atoms with Crippen LogP contribution in [0.15, 0.2) is 24.3 Å². The van der Waals surface area contributed by atoms with E-state index in [0.717, 1.165) is 38.2 Å². The van der Waals surface area contributed by atoms with E-state index < -0.39 is 0 Å². The second-order valence-corrected chi connectivity index (χ2v) is 4.23. The Kier molecular flexibility index (Phi) is 5.89. The SMILES string of the molecule is CC[C@H](c1ccccc1F)N1CCNCC1.Cl. The van der Waals surface area contributed by atoms with Crippen LogP contribution in [0.1, 0.15) is 24.9 Å². The van der Waals surface area contributed by atoms with Crippen LogP contribution in [-0.2, 0) is 0 Å². The molecule has 0 amide bonds. The molecule has 1 aliphatic rings. The highest BCUT2D eigenvalue weighted by molar-refractivity contribution is 5.85. The first kappa shape index (κ1) is 14.4. The number of piperazine rings is 1. The topological polar surface area (TPSA) is 15.3 Å². The van der Waals surface area contributed by atoms with E-state index in [4.69, 9.17) is 0 Å². The molecular formula is C13H20ClFN2. The highest BCUT2D eigenvalue weighted by Crippen LogP contribution is 2.26. The van der Waals surface area contributed by atoms with Gasteiger partial charge in [0.05, 0.1) is 0 Å². The van der Waals surface area contributed by atoms with Gasteiger partial charge in [0.1, 0.15) is 5.82 Å². The summed E-state index contributed by atoms with van der Waals surface area (Å²) >= 11 is 0. The minimum atomic E-state index is -0.0760. The van der Waals surface area contributed by atoms with Crippen molar-refractivity contribution in [3.63, 3.8) is 0 Å². The van der Waals surface area contributed by atoms with E-state index in [2.05, 4.69) is 17.1 Å². The average Bonchev–Trinajstić information content (AvgIpc) is 2.34. The Bertz CT molecular complexity index is 340. The number of halogens is 2. The van der Waals surface area contributed by atoms with Crippen LogP contribution in [0, 0.1) is 5.82 Å². The summed E-state index contributed by atoms with van der Waals surface area (Å²) in [6.45, 7) is 6.15. The predicted molar refractivity (Wildman–Crippen MR) is 71.1 cm³/mol. The molecule has 1 aromatic carbocycles. The van der Waals surface area contributed by atoms with Crippen molar-refractivity contribution in [1.29, 1.82) is 0 Å². The van der Waals surface area contributed by atoms with Crippen LogP contribution in [-0.4, -0.2) is 31.1 Å². The summed E-state index contributed by atoms with van der Waals surface area (Å²) in [6.07, 6.45) is 0.959. The van der Waals surface area contributed by atoms with Gasteiger partial charge in [0.25, 0.3) is 0 Å². The van der Waals surface area contributed by atoms with Gasteiger partial charge in [0.2, 0.25) is 0 Å². The zero-order valence-corrected chi connectivity index (χ0v) is 11.0. The normalized spacial score (nSPS) is 18.5. The molecule has 1 saturated heterocycles. The minimum Gasteiger partial charge on any atom is -0.314 e. The van der Waals surface area contributed by atoms with Crippen molar-refractivity contribution < 1.29 is 4.39 Å². The van der Waals surface area contributed by atoms with Crippen molar-refractivity contribution in [3.05, 3.63) is 35.6 Å². The lowest BCUT2D eigenvalue weighted by molar-refractivity contribution is 0.166. The molecule has 1 aromatic rings. The lowest BCUT2D eigenvalue weighted by Gasteiger charge is -2.34. The first-order valence-corrected chi connectivity index (χ1v) is 6.02. The van der Waals surface area contributed by atoms with Gasteiger partial charge < -0.3 is 5.32 Å². The number of benzene rings is 1. The second kappa shape index (κ2) is 6.94. The second-order valence-electron chi connectivity index (χ2n) is 4.23. The molecule has 0 radical (unpaired) electrons. The number of nitrogens with one attached hydrogen (secondary N) is 1. The van der Waals surface area contributed by atoms with Crippen LogP contribution >= 0.6 is 12.4 Å². The Morgan fingerprint density at radius 1 is 1.29 bits per heavy atom. The fourth-order valence-electron chi connectivity index (χ4n) is 2.41. The van der Waals surface area contributed by atoms with Crippen LogP contribution < -0.4 is 5.32 Å². The van der Waals surface area contributed by atoms with Gasteiger partial charge in [-0.05, 0) is 12.5 Å². The standard InChI is InChI=1S/C13H19FN2.ClH/c1-2-13(16-9-7-15-8-10-16)11-5-3-4-6-12(11)14;/h3-6,13,15H,2,7-10H2,1H3;1H/t13-;/m1./s1. The minimum absolute atomic E-state index is 0. The van der Waals surface area contributed by atoms with Gasteiger partial charge in [0.15, 0.2) is 0 Å². The quantitative estimate of drug-likeness (QED) is 0.897. The molecule has 4 heteroatoms. The zero-order chi connectivity index (χ0) is 11.4. The van der Waals surface area contributed by atoms with Gasteiger partial charge in [-0.15, -0.1) is 12.4 Å². The molecule has 1 N–H and O–H groups in total. The first-order valence-electron chi connectivity index (χ1n) is 6.02. The molecule has 0 bridgehead atoms. The van der Waals surface area contributed by atoms with Crippen LogP contribution in [0.3, 0.4) is 0 Å². The Hall–Kier alpha value is -0.640. The lowest BCUT2D eigenvalue weighted by Crippen LogP contribution is -2.45. The molecule has 96 valence electrons. The van der Waals surface area contributed by atoms with E-state index in [9.17, 15) is 4.39 Å². The summed E-state index contributed by atoms with van der Waals surface area (Å²) in [6, 6.07) is 7.36. The molecule has 0 aliphatic carbocycles. The van der Waals surface area contributed by atoms with Crippen molar-refractivity contribution in [2.75, 3.05) is 26.2 Å². The molecule has 1 heterocycles. The largest absolute Gasteiger partial charge is 0.314 e. The maximum Gasteiger partial charge on any atom is 0.127 e. The van der Waals surface area contributed by atoms with Gasteiger partial charge in [-0.3, -0.25) is 4.90 Å². The third-order valence-electron chi connectivity index (χ3n) is 3.24. The van der Waals surface area contributed by atoms with Crippen molar-refractivity contribution in [2.45, 2.75) is 19.4 Å². The molecule has 0 unspecified atom stereocenters. The highest BCUT2D eigenvalue weighted by atomic mass is 35.5. The van der Waals surface area contributed by atoms with E-state index >= 15 is 0 Å². The molecule has 2 rings (SSSR count). The van der Waals surface area contributed by atoms with Gasteiger partial charge in [-0.1, -0.05) is 25.1 Å². The number of nitrogens with zero attached hydrogens (tertiary/aromatic N) is 1. The van der Waals surface area contributed by atoms with Crippen LogP contribution in [0.2, 0.25) is 0 Å². The van der Waals surface area contributed by atoms with Crippen molar-refractivity contribution in [1.82, 2.24) is 10.2 Å². The average molecular weight is 259 g/mol. The zero-order valence-electron chi connectivity index (χ0n) is 10.2. The van der Waals surface area contributed by atoms with Crippen LogP contribution in [0.4, 0.5) is 4.39 Å². The van der Waals surface area contributed by atoms with Crippen LogP contribution in [0.25, 0.3) is 0 Å². The Labute approximate surface area is 109 Å². The number of rotatable bonds is 3. The van der Waals surface area contributed by atoms with Crippen molar-refractivity contribution >= 4 is 12.4 Å². The predicted octanol–water partition coefficient (Wildman–Crippen LogP) is 2.60. The van der Waals surface area contributed by atoms with E-state index in [1.807, 2.05) is 12.1 Å². The summed E-state index contributed by atoms with van der Waals surface area (Å²) < 4.78 is 13.7. The summed E-state index contributed by atoms with van der Waals surface area (Å²) in [5.74, 6) is -0.0760. The van der Waals surface area contributed by atoms with E-state index in [-0.39, 0.29) is 24.3 Å². The van der Waals surface area contributed by atoms with Crippen LogP contribution in [0.5, 0.6) is 0 Å². The Morgan fingerprint density at radius 3 is 2.53 bits per heavy atom. The maximum atomic E-state index is 13.7. The Morgan fingerprint density at radius 2 is 1.94 bits per heavy atom. The van der Waals surface area contributed by atoms with Crippen molar-refractivity contribution in [3.8, 4) is 0 Å². The summed E-state index contributed by atoms with van der Waals surface area (Å²) in [5, 5.41) is 3.32. The van der Waals surface area contributed by atoms with Gasteiger partial charge >= 0.3 is 0 Å². The third kappa shape index (κ3) is 3.41. The third-order valence-corrected chi connectivity index (χ3v) is 3.24. The molecule has 1 atom stereocenters. The maximum absolute atomic E-state index is 13.7. The van der Waals surface area contributed by atoms with Gasteiger partial charge in [0, 0.05) is 37.8 Å². The number of hydrogen-bond acceptors (Lipinski definition) is 2. The van der Waals surface area contributed by atoms with E-state index in [1.54, 1.807) is 12.1 Å². The molecule has 0 saturated carbocycles. The monoisotopic (exact) mass is 258 g/mol. The molecule has 17 heavy (non-hydrogen) atoms. The number of hydrogen-bond donors (Lipinski definition) is 1. The smallest absolute Gasteiger partial charge is 0.127 e. The summed E-state index contributed by atoms with van der Waals surface area (Å²) in [4.78, 5) is 2.37. The van der Waals surface area contributed by atoms with Gasteiger partial charge in [-0.25, -0.2) is 4.39 Å². The van der Waals surface area contributed by atoms with E-state index in [0.29, 0.717) is 0 Å². The molecule has 0 aromatic heterocycles. The van der Waals surface area contributed by atoms with Gasteiger partial charge in [-0.2, -0.15) is 0 Å².